The lowest BCUT2D eigenvalue weighted by Gasteiger charge is -2.33. The van der Waals surface area contributed by atoms with E-state index in [1.165, 1.54) is 6.42 Å². The van der Waals surface area contributed by atoms with Crippen molar-refractivity contribution in [1.29, 1.82) is 0 Å². The summed E-state index contributed by atoms with van der Waals surface area (Å²) < 4.78 is 0.174. The number of nitrogens with zero attached hydrogens (tertiary/aromatic N) is 1. The minimum absolute atomic E-state index is 0. The first-order chi connectivity index (χ1) is 7.42. The maximum absolute atomic E-state index is 12.0. The van der Waals surface area contributed by atoms with Crippen molar-refractivity contribution in [2.75, 3.05) is 25.9 Å². The minimum atomic E-state index is 0. The van der Waals surface area contributed by atoms with Gasteiger partial charge in [-0.15, -0.1) is 24.2 Å². The molecule has 1 rings (SSSR count). The van der Waals surface area contributed by atoms with E-state index in [0.29, 0.717) is 17.7 Å². The van der Waals surface area contributed by atoms with Gasteiger partial charge >= 0.3 is 0 Å². The third kappa shape index (κ3) is 6.53. The molecule has 1 fully saturated rings. The maximum Gasteiger partial charge on any atom is 0.232 e. The van der Waals surface area contributed by atoms with E-state index in [9.17, 15) is 4.79 Å². The third-order valence-corrected chi connectivity index (χ3v) is 4.07. The number of rotatable bonds is 3. The molecular formula is C12H25ClN2OS. The number of likely N-dealkylation sites (N-methyl/N-ethyl adjacent to an activating group) is 1. The van der Waals surface area contributed by atoms with E-state index in [0.717, 1.165) is 19.5 Å². The summed E-state index contributed by atoms with van der Waals surface area (Å²) in [4.78, 5) is 14.0. The second kappa shape index (κ2) is 7.49. The standard InChI is InChI=1S/C12H24N2OS.ClH/c1-12(2,3)16-9-11(15)14-7-5-6-10(8-14)13-4;/h10,13H,5-9H2,1-4H3;1H. The Balaban J connectivity index is 0.00000256. The number of amides is 1. The monoisotopic (exact) mass is 280 g/mol. The van der Waals surface area contributed by atoms with Gasteiger partial charge in [0.15, 0.2) is 0 Å². The van der Waals surface area contributed by atoms with Crippen LogP contribution in [0.3, 0.4) is 0 Å². The van der Waals surface area contributed by atoms with Crippen molar-refractivity contribution in [2.24, 2.45) is 0 Å². The summed E-state index contributed by atoms with van der Waals surface area (Å²) >= 11 is 1.73. The topological polar surface area (TPSA) is 32.3 Å². The fourth-order valence-corrected chi connectivity index (χ4v) is 2.55. The molecule has 1 unspecified atom stereocenters. The van der Waals surface area contributed by atoms with E-state index in [2.05, 4.69) is 26.1 Å². The van der Waals surface area contributed by atoms with E-state index in [4.69, 9.17) is 0 Å². The number of piperidine rings is 1. The molecule has 0 aromatic rings. The summed E-state index contributed by atoms with van der Waals surface area (Å²) in [6.07, 6.45) is 2.31. The van der Waals surface area contributed by atoms with Crippen LogP contribution in [-0.4, -0.2) is 47.5 Å². The molecule has 0 aromatic carbocycles. The van der Waals surface area contributed by atoms with Crippen molar-refractivity contribution >= 4 is 30.1 Å². The molecule has 1 N–H and O–H groups in total. The molecule has 0 aromatic heterocycles. The minimum Gasteiger partial charge on any atom is -0.340 e. The van der Waals surface area contributed by atoms with Crippen LogP contribution in [0.1, 0.15) is 33.6 Å². The van der Waals surface area contributed by atoms with E-state index in [1.54, 1.807) is 11.8 Å². The number of hydrogen-bond acceptors (Lipinski definition) is 3. The first-order valence-electron chi connectivity index (χ1n) is 6.01. The summed E-state index contributed by atoms with van der Waals surface area (Å²) in [5.41, 5.74) is 0. The molecule has 0 aliphatic carbocycles. The Hall–Kier alpha value is 0.0700. The van der Waals surface area contributed by atoms with Crippen molar-refractivity contribution in [3.63, 3.8) is 0 Å². The van der Waals surface area contributed by atoms with Gasteiger partial charge in [-0.1, -0.05) is 20.8 Å². The zero-order chi connectivity index (χ0) is 12.2. The van der Waals surface area contributed by atoms with Gasteiger partial charge in [0.2, 0.25) is 5.91 Å². The van der Waals surface area contributed by atoms with Crippen LogP contribution in [0.4, 0.5) is 0 Å². The van der Waals surface area contributed by atoms with E-state index in [1.807, 2.05) is 11.9 Å². The van der Waals surface area contributed by atoms with Crippen molar-refractivity contribution in [1.82, 2.24) is 10.2 Å². The molecule has 1 heterocycles. The Bertz CT molecular complexity index is 243. The summed E-state index contributed by atoms with van der Waals surface area (Å²) in [7, 11) is 1.97. The highest BCUT2D eigenvalue weighted by Crippen LogP contribution is 2.23. The Morgan fingerprint density at radius 2 is 2.12 bits per heavy atom. The van der Waals surface area contributed by atoms with Crippen molar-refractivity contribution < 1.29 is 4.79 Å². The van der Waals surface area contributed by atoms with Crippen LogP contribution in [0.5, 0.6) is 0 Å². The smallest absolute Gasteiger partial charge is 0.232 e. The number of halogens is 1. The van der Waals surface area contributed by atoms with Gasteiger partial charge < -0.3 is 10.2 Å². The molecule has 1 atom stereocenters. The molecule has 0 bridgehead atoms. The fourth-order valence-electron chi connectivity index (χ4n) is 1.81. The van der Waals surface area contributed by atoms with Crippen LogP contribution in [0.2, 0.25) is 0 Å². The average molecular weight is 281 g/mol. The summed E-state index contributed by atoms with van der Waals surface area (Å²) in [6, 6.07) is 0.484. The van der Waals surface area contributed by atoms with Crippen molar-refractivity contribution in [2.45, 2.75) is 44.4 Å². The number of thioether (sulfide) groups is 1. The maximum atomic E-state index is 12.0. The molecule has 17 heavy (non-hydrogen) atoms. The highest BCUT2D eigenvalue weighted by Gasteiger charge is 2.23. The molecule has 0 saturated carbocycles. The fraction of sp³-hybridized carbons (Fsp3) is 0.917. The van der Waals surface area contributed by atoms with Crippen molar-refractivity contribution in [3.8, 4) is 0 Å². The van der Waals surface area contributed by atoms with Gasteiger partial charge in [0, 0.05) is 23.9 Å². The highest BCUT2D eigenvalue weighted by atomic mass is 35.5. The normalized spacial score (nSPS) is 20.9. The van der Waals surface area contributed by atoms with Gasteiger partial charge in [-0.3, -0.25) is 4.79 Å². The lowest BCUT2D eigenvalue weighted by molar-refractivity contribution is -0.129. The van der Waals surface area contributed by atoms with Crippen LogP contribution in [0, 0.1) is 0 Å². The molecule has 1 aliphatic rings. The Kier molecular flexibility index (Phi) is 7.52. The zero-order valence-corrected chi connectivity index (χ0v) is 12.9. The first kappa shape index (κ1) is 17.1. The average Bonchev–Trinajstić information content (AvgIpc) is 2.25. The van der Waals surface area contributed by atoms with Crippen LogP contribution in [-0.2, 0) is 4.79 Å². The van der Waals surface area contributed by atoms with Crippen LogP contribution in [0.25, 0.3) is 0 Å². The number of likely N-dealkylation sites (tertiary alicyclic amines) is 1. The summed E-state index contributed by atoms with van der Waals surface area (Å²) in [5, 5.41) is 3.26. The van der Waals surface area contributed by atoms with Gasteiger partial charge in [-0.05, 0) is 19.9 Å². The second-order valence-corrected chi connectivity index (χ2v) is 7.17. The molecule has 1 saturated heterocycles. The Morgan fingerprint density at radius 3 is 2.65 bits per heavy atom. The molecule has 102 valence electrons. The molecule has 1 aliphatic heterocycles. The van der Waals surface area contributed by atoms with Gasteiger partial charge in [-0.25, -0.2) is 0 Å². The molecule has 5 heteroatoms. The molecule has 0 radical (unpaired) electrons. The number of nitrogens with one attached hydrogen (secondary N) is 1. The summed E-state index contributed by atoms with van der Waals surface area (Å²) in [5.74, 6) is 0.903. The van der Waals surface area contributed by atoms with E-state index < -0.39 is 0 Å². The highest BCUT2D eigenvalue weighted by molar-refractivity contribution is 8.01. The van der Waals surface area contributed by atoms with Gasteiger partial charge in [0.05, 0.1) is 5.75 Å². The van der Waals surface area contributed by atoms with Crippen LogP contribution < -0.4 is 5.32 Å². The van der Waals surface area contributed by atoms with Gasteiger partial charge in [0.25, 0.3) is 0 Å². The number of hydrogen-bond donors (Lipinski definition) is 1. The number of carbonyl (C=O) groups excluding carboxylic acids is 1. The third-order valence-electron chi connectivity index (χ3n) is 2.81. The van der Waals surface area contributed by atoms with E-state index >= 15 is 0 Å². The molecule has 0 spiro atoms. The van der Waals surface area contributed by atoms with Crippen molar-refractivity contribution in [3.05, 3.63) is 0 Å². The van der Waals surface area contributed by atoms with E-state index in [-0.39, 0.29) is 17.2 Å². The Morgan fingerprint density at radius 1 is 1.47 bits per heavy atom. The quantitative estimate of drug-likeness (QED) is 0.860. The Labute approximate surface area is 115 Å². The molecular weight excluding hydrogens is 256 g/mol. The predicted octanol–water partition coefficient (Wildman–Crippen LogP) is 2.15. The molecule has 3 nitrogen and oxygen atoms in total. The summed E-state index contributed by atoms with van der Waals surface area (Å²) in [6.45, 7) is 8.26. The van der Waals surface area contributed by atoms with Gasteiger partial charge in [0.1, 0.15) is 0 Å². The SMILES string of the molecule is CNC1CCCN(C(=O)CSC(C)(C)C)C1.Cl. The second-order valence-electron chi connectivity index (χ2n) is 5.37. The van der Waals surface area contributed by atoms with Crippen LogP contribution >= 0.6 is 24.2 Å². The largest absolute Gasteiger partial charge is 0.340 e. The lowest BCUT2D eigenvalue weighted by atomic mass is 10.1. The first-order valence-corrected chi connectivity index (χ1v) is 7.00. The predicted molar refractivity (Wildman–Crippen MR) is 78.1 cm³/mol. The van der Waals surface area contributed by atoms with Crippen LogP contribution in [0.15, 0.2) is 0 Å². The lowest BCUT2D eigenvalue weighted by Crippen LogP contribution is -2.47. The number of carbonyl (C=O) groups is 1. The molecule has 1 amide bonds. The zero-order valence-electron chi connectivity index (χ0n) is 11.3. The van der Waals surface area contributed by atoms with Gasteiger partial charge in [-0.2, -0.15) is 0 Å².